The number of nitrogens with one attached hydrogen (secondary N) is 1. The van der Waals surface area contributed by atoms with Crippen LogP contribution < -0.4 is 5.32 Å². The standard InChI is InChI=1S/C17H18ClN3O2/c1-4-23-16(22)14-10-20-17(18)21-15(14)19-9-12-7-5-6-8-13(12)11(2)3/h5-8,10H,2,4,9H2,1,3H3,(H,19,20,21). The SMILES string of the molecule is C=C(C)c1ccccc1CNc1nc(Cl)ncc1C(=O)OCC. The quantitative estimate of drug-likeness (QED) is 0.641. The molecule has 0 aliphatic rings. The van der Waals surface area contributed by atoms with Gasteiger partial charge < -0.3 is 10.1 Å². The maximum Gasteiger partial charge on any atom is 0.343 e. The van der Waals surface area contributed by atoms with Crippen molar-refractivity contribution in [2.24, 2.45) is 0 Å². The zero-order valence-electron chi connectivity index (χ0n) is 13.1. The lowest BCUT2D eigenvalue weighted by atomic mass is 10.0. The van der Waals surface area contributed by atoms with Gasteiger partial charge in [-0.25, -0.2) is 9.78 Å². The second kappa shape index (κ2) is 7.74. The lowest BCUT2D eigenvalue weighted by Gasteiger charge is -2.13. The number of nitrogens with zero attached hydrogens (tertiary/aromatic N) is 2. The highest BCUT2D eigenvalue weighted by Gasteiger charge is 2.15. The minimum atomic E-state index is -0.486. The van der Waals surface area contributed by atoms with Gasteiger partial charge in [-0.3, -0.25) is 0 Å². The molecule has 0 spiro atoms. The van der Waals surface area contributed by atoms with Crippen LogP contribution in [0.2, 0.25) is 5.28 Å². The molecule has 0 unspecified atom stereocenters. The second-order valence-electron chi connectivity index (χ2n) is 4.91. The van der Waals surface area contributed by atoms with Gasteiger partial charge in [0.25, 0.3) is 0 Å². The molecule has 0 saturated heterocycles. The number of carbonyl (C=O) groups is 1. The van der Waals surface area contributed by atoms with Gasteiger partial charge in [0.15, 0.2) is 0 Å². The fourth-order valence-corrected chi connectivity index (χ4v) is 2.26. The highest BCUT2D eigenvalue weighted by molar-refractivity contribution is 6.28. The van der Waals surface area contributed by atoms with Gasteiger partial charge in [-0.1, -0.05) is 36.4 Å². The Morgan fingerprint density at radius 1 is 1.35 bits per heavy atom. The number of hydrogen-bond acceptors (Lipinski definition) is 5. The van der Waals surface area contributed by atoms with Gasteiger partial charge >= 0.3 is 5.97 Å². The second-order valence-corrected chi connectivity index (χ2v) is 5.25. The average molecular weight is 332 g/mol. The van der Waals surface area contributed by atoms with Crippen molar-refractivity contribution in [2.45, 2.75) is 20.4 Å². The molecule has 2 aromatic rings. The summed E-state index contributed by atoms with van der Waals surface area (Å²) in [5.74, 6) is -0.139. The van der Waals surface area contributed by atoms with Gasteiger partial charge in [-0.2, -0.15) is 4.98 Å². The van der Waals surface area contributed by atoms with Crippen LogP contribution in [0.3, 0.4) is 0 Å². The Morgan fingerprint density at radius 2 is 2.09 bits per heavy atom. The van der Waals surface area contributed by atoms with E-state index >= 15 is 0 Å². The van der Waals surface area contributed by atoms with Crippen molar-refractivity contribution in [1.29, 1.82) is 0 Å². The molecule has 0 bridgehead atoms. The Labute approximate surface area is 140 Å². The number of aromatic nitrogens is 2. The number of carbonyl (C=O) groups excluding carboxylic acids is 1. The average Bonchev–Trinajstić information content (AvgIpc) is 2.53. The molecule has 1 aromatic carbocycles. The van der Waals surface area contributed by atoms with Crippen LogP contribution in [0.25, 0.3) is 5.57 Å². The molecule has 1 heterocycles. The molecule has 0 aliphatic carbocycles. The molecular weight excluding hydrogens is 314 g/mol. The van der Waals surface area contributed by atoms with E-state index in [4.69, 9.17) is 16.3 Å². The van der Waals surface area contributed by atoms with E-state index in [9.17, 15) is 4.79 Å². The maximum absolute atomic E-state index is 12.0. The highest BCUT2D eigenvalue weighted by Crippen LogP contribution is 2.20. The Bertz CT molecular complexity index is 732. The maximum atomic E-state index is 12.0. The van der Waals surface area contributed by atoms with Gasteiger partial charge in [-0.15, -0.1) is 0 Å². The first-order valence-electron chi connectivity index (χ1n) is 7.20. The summed E-state index contributed by atoms with van der Waals surface area (Å²) in [6, 6.07) is 7.89. The molecule has 1 aromatic heterocycles. The predicted molar refractivity (Wildman–Crippen MR) is 91.5 cm³/mol. The fraction of sp³-hybridized carbons (Fsp3) is 0.235. The molecule has 120 valence electrons. The van der Waals surface area contributed by atoms with Gasteiger partial charge in [-0.05, 0) is 36.6 Å². The van der Waals surface area contributed by atoms with Crippen molar-refractivity contribution < 1.29 is 9.53 Å². The third kappa shape index (κ3) is 4.29. The van der Waals surface area contributed by atoms with Crippen LogP contribution in [0.15, 0.2) is 37.0 Å². The van der Waals surface area contributed by atoms with Gasteiger partial charge in [0.1, 0.15) is 11.4 Å². The molecule has 2 rings (SSSR count). The fourth-order valence-electron chi connectivity index (χ4n) is 2.12. The van der Waals surface area contributed by atoms with E-state index in [2.05, 4.69) is 21.9 Å². The molecule has 0 atom stereocenters. The summed E-state index contributed by atoms with van der Waals surface area (Å²) >= 11 is 5.83. The van der Waals surface area contributed by atoms with Gasteiger partial charge in [0.05, 0.1) is 6.61 Å². The van der Waals surface area contributed by atoms with E-state index in [1.54, 1.807) is 6.92 Å². The summed E-state index contributed by atoms with van der Waals surface area (Å²) in [7, 11) is 0. The van der Waals surface area contributed by atoms with E-state index in [-0.39, 0.29) is 17.5 Å². The van der Waals surface area contributed by atoms with E-state index in [1.807, 2.05) is 31.2 Å². The number of anilines is 1. The van der Waals surface area contributed by atoms with E-state index in [0.29, 0.717) is 12.4 Å². The van der Waals surface area contributed by atoms with Crippen LogP contribution in [0.5, 0.6) is 0 Å². The zero-order valence-corrected chi connectivity index (χ0v) is 13.9. The molecule has 0 radical (unpaired) electrons. The molecule has 0 fully saturated rings. The van der Waals surface area contributed by atoms with Crippen LogP contribution >= 0.6 is 11.6 Å². The molecule has 0 saturated carbocycles. The Kier molecular flexibility index (Phi) is 5.71. The number of hydrogen-bond donors (Lipinski definition) is 1. The summed E-state index contributed by atoms with van der Waals surface area (Å²) in [5, 5.41) is 3.19. The lowest BCUT2D eigenvalue weighted by Crippen LogP contribution is -2.12. The highest BCUT2D eigenvalue weighted by atomic mass is 35.5. The van der Waals surface area contributed by atoms with Crippen LogP contribution in [0.1, 0.15) is 35.3 Å². The molecule has 23 heavy (non-hydrogen) atoms. The Morgan fingerprint density at radius 3 is 2.78 bits per heavy atom. The van der Waals surface area contributed by atoms with E-state index in [0.717, 1.165) is 16.7 Å². The summed E-state index contributed by atoms with van der Waals surface area (Å²) < 4.78 is 5.01. The first-order chi connectivity index (χ1) is 11.0. The molecule has 1 N–H and O–H groups in total. The van der Waals surface area contributed by atoms with Gasteiger partial charge in [0, 0.05) is 12.7 Å². The Balaban J connectivity index is 2.25. The molecule has 6 heteroatoms. The molecular formula is C17H18ClN3O2. The number of rotatable bonds is 6. The van der Waals surface area contributed by atoms with Crippen molar-refractivity contribution in [2.75, 3.05) is 11.9 Å². The molecule has 5 nitrogen and oxygen atoms in total. The Hall–Kier alpha value is -2.40. The van der Waals surface area contributed by atoms with Crippen molar-refractivity contribution in [3.8, 4) is 0 Å². The largest absolute Gasteiger partial charge is 0.462 e. The van der Waals surface area contributed by atoms with Crippen molar-refractivity contribution in [1.82, 2.24) is 9.97 Å². The number of esters is 1. The molecule has 0 amide bonds. The van der Waals surface area contributed by atoms with Crippen LogP contribution in [0, 0.1) is 0 Å². The monoisotopic (exact) mass is 331 g/mol. The predicted octanol–water partition coefficient (Wildman–Crippen LogP) is 3.95. The van der Waals surface area contributed by atoms with Crippen LogP contribution in [0.4, 0.5) is 5.82 Å². The summed E-state index contributed by atoms with van der Waals surface area (Å²) in [4.78, 5) is 19.9. The van der Waals surface area contributed by atoms with Crippen molar-refractivity contribution in [3.05, 3.63) is 59.0 Å². The minimum Gasteiger partial charge on any atom is -0.462 e. The lowest BCUT2D eigenvalue weighted by molar-refractivity contribution is 0.0526. The molecule has 0 aliphatic heterocycles. The minimum absolute atomic E-state index is 0.0636. The number of halogens is 1. The van der Waals surface area contributed by atoms with E-state index < -0.39 is 5.97 Å². The first kappa shape index (κ1) is 17.0. The summed E-state index contributed by atoms with van der Waals surface area (Å²) in [6.45, 7) is 8.42. The van der Waals surface area contributed by atoms with E-state index in [1.165, 1.54) is 6.20 Å². The topological polar surface area (TPSA) is 64.1 Å². The number of ether oxygens (including phenoxy) is 1. The first-order valence-corrected chi connectivity index (χ1v) is 7.58. The smallest absolute Gasteiger partial charge is 0.343 e. The number of allylic oxidation sites excluding steroid dienone is 1. The normalized spacial score (nSPS) is 10.2. The van der Waals surface area contributed by atoms with Gasteiger partial charge in [0.2, 0.25) is 5.28 Å². The third-order valence-electron chi connectivity index (χ3n) is 3.18. The van der Waals surface area contributed by atoms with Crippen molar-refractivity contribution >= 4 is 29.0 Å². The number of benzene rings is 1. The van der Waals surface area contributed by atoms with Crippen molar-refractivity contribution in [3.63, 3.8) is 0 Å². The zero-order chi connectivity index (χ0) is 16.8. The summed E-state index contributed by atoms with van der Waals surface area (Å²) in [5.41, 5.74) is 3.32. The summed E-state index contributed by atoms with van der Waals surface area (Å²) in [6.07, 6.45) is 1.36. The van der Waals surface area contributed by atoms with Crippen LogP contribution in [-0.4, -0.2) is 22.5 Å². The van der Waals surface area contributed by atoms with Crippen LogP contribution in [-0.2, 0) is 11.3 Å². The third-order valence-corrected chi connectivity index (χ3v) is 3.36.